The number of aromatic nitrogens is 3. The van der Waals surface area contributed by atoms with Gasteiger partial charge in [-0.2, -0.15) is 5.10 Å². The zero-order valence-electron chi connectivity index (χ0n) is 16.9. The van der Waals surface area contributed by atoms with Crippen molar-refractivity contribution in [3.63, 3.8) is 0 Å². The van der Waals surface area contributed by atoms with Crippen LogP contribution in [0, 0.1) is 0 Å². The van der Waals surface area contributed by atoms with Gasteiger partial charge in [-0.1, -0.05) is 6.42 Å². The van der Waals surface area contributed by atoms with Crippen molar-refractivity contribution in [2.45, 2.75) is 45.1 Å². The molecule has 1 fully saturated rings. The van der Waals surface area contributed by atoms with Crippen LogP contribution in [0.3, 0.4) is 0 Å². The number of hydrogen-bond donors (Lipinski definition) is 0. The summed E-state index contributed by atoms with van der Waals surface area (Å²) in [4.78, 5) is 33.5. The van der Waals surface area contributed by atoms with Gasteiger partial charge in [-0.15, -0.1) is 0 Å². The van der Waals surface area contributed by atoms with E-state index in [0.717, 1.165) is 63.0 Å². The standard InChI is InChI=1S/C22H29N5O2/c28-21-16-19-4-2-1-3-5-20(19)24-27(21)17-22(29)26-14-12-25(13-15-26)11-8-18-6-9-23-10-7-18/h6-7,9-10,16H,1-5,8,11-15,17H2. The highest BCUT2D eigenvalue weighted by Crippen LogP contribution is 2.17. The van der Waals surface area contributed by atoms with Gasteiger partial charge in [0.2, 0.25) is 5.91 Å². The van der Waals surface area contributed by atoms with Crippen LogP contribution < -0.4 is 5.56 Å². The van der Waals surface area contributed by atoms with Crippen LogP contribution in [0.15, 0.2) is 35.4 Å². The lowest BCUT2D eigenvalue weighted by atomic mass is 10.1. The summed E-state index contributed by atoms with van der Waals surface area (Å²) in [7, 11) is 0. The molecule has 7 nitrogen and oxygen atoms in total. The lowest BCUT2D eigenvalue weighted by molar-refractivity contribution is -0.133. The number of rotatable bonds is 5. The molecule has 2 aromatic rings. The Hall–Kier alpha value is -2.54. The summed E-state index contributed by atoms with van der Waals surface area (Å²) in [5.41, 5.74) is 3.19. The van der Waals surface area contributed by atoms with E-state index < -0.39 is 0 Å². The first kappa shape index (κ1) is 19.8. The van der Waals surface area contributed by atoms with Gasteiger partial charge < -0.3 is 4.90 Å². The predicted molar refractivity (Wildman–Crippen MR) is 111 cm³/mol. The molecule has 0 spiro atoms. The van der Waals surface area contributed by atoms with Gasteiger partial charge in [0.25, 0.3) is 5.56 Å². The predicted octanol–water partition coefficient (Wildman–Crippen LogP) is 1.29. The second-order valence-corrected chi connectivity index (χ2v) is 8.00. The smallest absolute Gasteiger partial charge is 0.267 e. The minimum atomic E-state index is -0.157. The van der Waals surface area contributed by atoms with E-state index in [2.05, 4.69) is 15.0 Å². The second kappa shape index (κ2) is 9.31. The fourth-order valence-corrected chi connectivity index (χ4v) is 4.18. The van der Waals surface area contributed by atoms with E-state index in [4.69, 9.17) is 0 Å². The molecule has 2 aliphatic rings. The van der Waals surface area contributed by atoms with E-state index >= 15 is 0 Å². The van der Waals surface area contributed by atoms with E-state index in [9.17, 15) is 9.59 Å². The van der Waals surface area contributed by atoms with Gasteiger partial charge in [-0.3, -0.25) is 19.5 Å². The molecule has 0 aromatic carbocycles. The Balaban J connectivity index is 1.30. The Morgan fingerprint density at radius 1 is 1.00 bits per heavy atom. The molecule has 1 amide bonds. The van der Waals surface area contributed by atoms with Crippen LogP contribution in [0.4, 0.5) is 0 Å². The van der Waals surface area contributed by atoms with Crippen molar-refractivity contribution in [2.24, 2.45) is 0 Å². The quantitative estimate of drug-likeness (QED) is 0.714. The first-order valence-corrected chi connectivity index (χ1v) is 10.7. The second-order valence-electron chi connectivity index (χ2n) is 8.00. The highest BCUT2D eigenvalue weighted by atomic mass is 16.2. The normalized spacial score (nSPS) is 17.6. The van der Waals surface area contributed by atoms with Crippen LogP contribution >= 0.6 is 0 Å². The number of pyridine rings is 1. The molecule has 0 N–H and O–H groups in total. The topological polar surface area (TPSA) is 71.3 Å². The minimum absolute atomic E-state index is 0.0121. The maximum Gasteiger partial charge on any atom is 0.267 e. The summed E-state index contributed by atoms with van der Waals surface area (Å²) in [5.74, 6) is -0.0121. The number of carbonyl (C=O) groups is 1. The molecule has 7 heteroatoms. The molecule has 1 aliphatic carbocycles. The average molecular weight is 396 g/mol. The van der Waals surface area contributed by atoms with Crippen molar-refractivity contribution < 1.29 is 4.79 Å². The number of piperazine rings is 1. The van der Waals surface area contributed by atoms with E-state index in [-0.39, 0.29) is 18.0 Å². The summed E-state index contributed by atoms with van der Waals surface area (Å²) in [6, 6.07) is 5.79. The Morgan fingerprint density at radius 2 is 1.76 bits per heavy atom. The van der Waals surface area contributed by atoms with Gasteiger partial charge in [-0.05, 0) is 55.4 Å². The molecule has 0 saturated carbocycles. The summed E-state index contributed by atoms with van der Waals surface area (Å²) >= 11 is 0. The number of nitrogens with zero attached hydrogens (tertiary/aromatic N) is 5. The summed E-state index contributed by atoms with van der Waals surface area (Å²) in [5, 5.41) is 4.53. The van der Waals surface area contributed by atoms with Gasteiger partial charge >= 0.3 is 0 Å². The minimum Gasteiger partial charge on any atom is -0.339 e. The lowest BCUT2D eigenvalue weighted by Crippen LogP contribution is -2.50. The maximum atomic E-state index is 12.7. The number of hydrogen-bond acceptors (Lipinski definition) is 5. The molecule has 1 saturated heterocycles. The third-order valence-electron chi connectivity index (χ3n) is 6.00. The van der Waals surface area contributed by atoms with Crippen LogP contribution in [0.25, 0.3) is 0 Å². The Labute approximate surface area is 171 Å². The largest absolute Gasteiger partial charge is 0.339 e. The molecular formula is C22H29N5O2. The van der Waals surface area contributed by atoms with Crippen molar-refractivity contribution in [3.8, 4) is 0 Å². The average Bonchev–Trinajstić information content (AvgIpc) is 2.98. The van der Waals surface area contributed by atoms with Crippen LogP contribution in [0.1, 0.15) is 36.1 Å². The molecule has 4 rings (SSSR count). The zero-order chi connectivity index (χ0) is 20.1. The third-order valence-corrected chi connectivity index (χ3v) is 6.00. The van der Waals surface area contributed by atoms with Crippen LogP contribution in [-0.2, 0) is 30.6 Å². The molecule has 0 radical (unpaired) electrons. The van der Waals surface area contributed by atoms with Crippen molar-refractivity contribution in [1.29, 1.82) is 0 Å². The van der Waals surface area contributed by atoms with Crippen LogP contribution in [-0.4, -0.2) is 63.2 Å². The summed E-state index contributed by atoms with van der Waals surface area (Å²) < 4.78 is 1.36. The molecule has 0 unspecified atom stereocenters. The number of fused-ring (bicyclic) bond motifs is 1. The molecule has 2 aromatic heterocycles. The Bertz CT molecular complexity index is 888. The van der Waals surface area contributed by atoms with Gasteiger partial charge in [-0.25, -0.2) is 4.68 Å². The number of amides is 1. The molecule has 0 atom stereocenters. The van der Waals surface area contributed by atoms with E-state index in [1.165, 1.54) is 16.7 Å². The van der Waals surface area contributed by atoms with Crippen molar-refractivity contribution in [1.82, 2.24) is 24.6 Å². The van der Waals surface area contributed by atoms with Crippen LogP contribution in [0.2, 0.25) is 0 Å². The number of carbonyl (C=O) groups excluding carboxylic acids is 1. The molecule has 0 bridgehead atoms. The molecule has 29 heavy (non-hydrogen) atoms. The highest BCUT2D eigenvalue weighted by Gasteiger charge is 2.22. The summed E-state index contributed by atoms with van der Waals surface area (Å²) in [6.07, 6.45) is 9.86. The van der Waals surface area contributed by atoms with Crippen molar-refractivity contribution in [2.75, 3.05) is 32.7 Å². The van der Waals surface area contributed by atoms with Gasteiger partial charge in [0.15, 0.2) is 0 Å². The maximum absolute atomic E-state index is 12.7. The number of aryl methyl sites for hydroxylation is 2. The van der Waals surface area contributed by atoms with Crippen molar-refractivity contribution in [3.05, 3.63) is 57.8 Å². The molecule has 3 heterocycles. The SMILES string of the molecule is O=C(Cn1nc2c(cc1=O)CCCCC2)N1CCN(CCc2ccncc2)CC1. The first-order valence-electron chi connectivity index (χ1n) is 10.7. The highest BCUT2D eigenvalue weighted by molar-refractivity contribution is 5.76. The Morgan fingerprint density at radius 3 is 2.55 bits per heavy atom. The third kappa shape index (κ3) is 5.09. The summed E-state index contributed by atoms with van der Waals surface area (Å²) in [6.45, 7) is 4.16. The van der Waals surface area contributed by atoms with Crippen LogP contribution in [0.5, 0.6) is 0 Å². The van der Waals surface area contributed by atoms with Gasteiger partial charge in [0.05, 0.1) is 5.69 Å². The fourth-order valence-electron chi connectivity index (χ4n) is 4.18. The molecule has 154 valence electrons. The van der Waals surface area contributed by atoms with Gasteiger partial charge in [0, 0.05) is 51.2 Å². The van der Waals surface area contributed by atoms with E-state index in [1.54, 1.807) is 6.07 Å². The van der Waals surface area contributed by atoms with E-state index in [1.807, 2.05) is 29.4 Å². The van der Waals surface area contributed by atoms with Gasteiger partial charge in [0.1, 0.15) is 6.54 Å². The van der Waals surface area contributed by atoms with Crippen molar-refractivity contribution >= 4 is 5.91 Å². The Kier molecular flexibility index (Phi) is 6.34. The molecular weight excluding hydrogens is 366 g/mol. The monoisotopic (exact) mass is 395 g/mol. The molecule has 1 aliphatic heterocycles. The first-order chi connectivity index (χ1) is 14.2. The fraction of sp³-hybridized carbons (Fsp3) is 0.545. The van der Waals surface area contributed by atoms with E-state index in [0.29, 0.717) is 13.1 Å². The zero-order valence-corrected chi connectivity index (χ0v) is 16.9. The lowest BCUT2D eigenvalue weighted by Gasteiger charge is -2.34.